The highest BCUT2D eigenvalue weighted by Gasteiger charge is 2.10. The van der Waals surface area contributed by atoms with Gasteiger partial charge in [-0.05, 0) is 55.3 Å². The van der Waals surface area contributed by atoms with Gasteiger partial charge in [0.2, 0.25) is 0 Å². The summed E-state index contributed by atoms with van der Waals surface area (Å²) in [4.78, 5) is 11.6. The van der Waals surface area contributed by atoms with Gasteiger partial charge in [-0.3, -0.25) is 4.79 Å². The molecule has 20 heavy (non-hydrogen) atoms. The van der Waals surface area contributed by atoms with Crippen LogP contribution in [0.1, 0.15) is 28.4 Å². The van der Waals surface area contributed by atoms with Gasteiger partial charge in [0.1, 0.15) is 18.2 Å². The average Bonchev–Trinajstić information content (AvgIpc) is 2.38. The van der Waals surface area contributed by atoms with Crippen LogP contribution in [0.5, 0.6) is 5.75 Å². The van der Waals surface area contributed by atoms with Crippen LogP contribution in [-0.2, 0) is 6.61 Å². The summed E-state index contributed by atoms with van der Waals surface area (Å²) in [5.74, 6) is 0.209. The second-order valence-electron chi connectivity index (χ2n) is 4.56. The van der Waals surface area contributed by atoms with Gasteiger partial charge in [-0.15, -0.1) is 0 Å². The molecule has 0 aliphatic carbocycles. The summed E-state index contributed by atoms with van der Waals surface area (Å²) in [5.41, 5.74) is 2.24. The minimum Gasteiger partial charge on any atom is -0.488 e. The van der Waals surface area contributed by atoms with Crippen LogP contribution < -0.4 is 4.74 Å². The Morgan fingerprint density at radius 3 is 2.65 bits per heavy atom. The topological polar surface area (TPSA) is 26.3 Å². The Bertz CT molecular complexity index is 653. The highest BCUT2D eigenvalue weighted by atomic mass is 79.9. The van der Waals surface area contributed by atoms with Gasteiger partial charge in [0, 0.05) is 4.47 Å². The van der Waals surface area contributed by atoms with Crippen molar-refractivity contribution in [2.45, 2.75) is 20.5 Å². The molecule has 104 valence electrons. The van der Waals surface area contributed by atoms with E-state index in [9.17, 15) is 9.18 Å². The SMILES string of the molecule is CC(=O)c1cc(Br)ccc1OCc1ccc(F)cc1C. The number of carbonyl (C=O) groups excluding carboxylic acids is 1. The van der Waals surface area contributed by atoms with Crippen LogP contribution in [0.15, 0.2) is 40.9 Å². The van der Waals surface area contributed by atoms with E-state index in [0.29, 0.717) is 17.9 Å². The molecule has 0 fully saturated rings. The monoisotopic (exact) mass is 336 g/mol. The van der Waals surface area contributed by atoms with Gasteiger partial charge in [-0.1, -0.05) is 22.0 Å². The zero-order chi connectivity index (χ0) is 14.7. The number of aryl methyl sites for hydroxylation is 1. The van der Waals surface area contributed by atoms with E-state index < -0.39 is 0 Å². The third kappa shape index (κ3) is 3.45. The molecule has 2 aromatic carbocycles. The fraction of sp³-hybridized carbons (Fsp3) is 0.188. The number of hydrogen-bond donors (Lipinski definition) is 0. The molecule has 0 bridgehead atoms. The predicted molar refractivity (Wildman–Crippen MR) is 79.6 cm³/mol. The number of carbonyl (C=O) groups is 1. The van der Waals surface area contributed by atoms with Gasteiger partial charge in [0.25, 0.3) is 0 Å². The van der Waals surface area contributed by atoms with E-state index in [1.807, 2.05) is 13.0 Å². The third-order valence-electron chi connectivity index (χ3n) is 3.01. The first kappa shape index (κ1) is 14.7. The minimum atomic E-state index is -0.265. The van der Waals surface area contributed by atoms with Gasteiger partial charge in [0.15, 0.2) is 5.78 Å². The number of hydrogen-bond acceptors (Lipinski definition) is 2. The molecule has 0 saturated heterocycles. The molecule has 4 heteroatoms. The lowest BCUT2D eigenvalue weighted by atomic mass is 10.1. The minimum absolute atomic E-state index is 0.0582. The van der Waals surface area contributed by atoms with Crippen molar-refractivity contribution in [2.24, 2.45) is 0 Å². The fourth-order valence-electron chi connectivity index (χ4n) is 1.88. The Kier molecular flexibility index (Phi) is 4.55. The maximum Gasteiger partial charge on any atom is 0.163 e. The molecule has 0 atom stereocenters. The van der Waals surface area contributed by atoms with Crippen LogP contribution in [-0.4, -0.2) is 5.78 Å². The summed E-state index contributed by atoms with van der Waals surface area (Å²) in [6, 6.07) is 9.86. The quantitative estimate of drug-likeness (QED) is 0.758. The number of ether oxygens (including phenoxy) is 1. The summed E-state index contributed by atoms with van der Waals surface area (Å²) in [6.07, 6.45) is 0. The smallest absolute Gasteiger partial charge is 0.163 e. The first-order valence-electron chi connectivity index (χ1n) is 6.15. The molecule has 0 aliphatic rings. The zero-order valence-corrected chi connectivity index (χ0v) is 12.8. The van der Waals surface area contributed by atoms with Crippen LogP contribution in [0, 0.1) is 12.7 Å². The molecular formula is C16H14BrFO2. The molecule has 0 heterocycles. The summed E-state index contributed by atoms with van der Waals surface area (Å²) < 4.78 is 19.6. The van der Waals surface area contributed by atoms with E-state index in [-0.39, 0.29) is 11.6 Å². The molecule has 2 rings (SSSR count). The first-order valence-corrected chi connectivity index (χ1v) is 6.95. The average molecular weight is 337 g/mol. The predicted octanol–water partition coefficient (Wildman–Crippen LogP) is 4.68. The maximum absolute atomic E-state index is 13.0. The first-order chi connectivity index (χ1) is 9.47. The summed E-state index contributed by atoms with van der Waals surface area (Å²) in [7, 11) is 0. The lowest BCUT2D eigenvalue weighted by molar-refractivity contribution is 0.101. The van der Waals surface area contributed by atoms with Gasteiger partial charge in [0.05, 0.1) is 5.56 Å². The van der Waals surface area contributed by atoms with Crippen molar-refractivity contribution in [3.05, 3.63) is 63.4 Å². The van der Waals surface area contributed by atoms with Crippen LogP contribution in [0.4, 0.5) is 4.39 Å². The summed E-state index contributed by atoms with van der Waals surface area (Å²) in [6.45, 7) is 3.63. The highest BCUT2D eigenvalue weighted by Crippen LogP contribution is 2.25. The normalized spacial score (nSPS) is 10.4. The highest BCUT2D eigenvalue weighted by molar-refractivity contribution is 9.10. The van der Waals surface area contributed by atoms with Crippen LogP contribution >= 0.6 is 15.9 Å². The molecule has 0 aromatic heterocycles. The third-order valence-corrected chi connectivity index (χ3v) is 3.50. The lowest BCUT2D eigenvalue weighted by Crippen LogP contribution is -2.03. The Balaban J connectivity index is 2.20. The molecule has 0 unspecified atom stereocenters. The van der Waals surface area contributed by atoms with Crippen LogP contribution in [0.25, 0.3) is 0 Å². The number of rotatable bonds is 4. The maximum atomic E-state index is 13.0. The van der Waals surface area contributed by atoms with Crippen LogP contribution in [0.2, 0.25) is 0 Å². The van der Waals surface area contributed by atoms with Crippen molar-refractivity contribution >= 4 is 21.7 Å². The molecule has 0 saturated carbocycles. The molecule has 0 aliphatic heterocycles. The van der Waals surface area contributed by atoms with Crippen molar-refractivity contribution < 1.29 is 13.9 Å². The van der Waals surface area contributed by atoms with E-state index in [1.54, 1.807) is 18.2 Å². The van der Waals surface area contributed by atoms with Crippen molar-refractivity contribution in [3.8, 4) is 5.75 Å². The Morgan fingerprint density at radius 2 is 2.00 bits per heavy atom. The second-order valence-corrected chi connectivity index (χ2v) is 5.47. The largest absolute Gasteiger partial charge is 0.488 e. The Morgan fingerprint density at radius 1 is 1.25 bits per heavy atom. The Labute approximate surface area is 125 Å². The van der Waals surface area contributed by atoms with E-state index in [2.05, 4.69) is 15.9 Å². The standard InChI is InChI=1S/C16H14BrFO2/c1-10-7-14(18)5-3-12(10)9-20-16-6-4-13(17)8-15(16)11(2)19/h3-8H,9H2,1-2H3. The van der Waals surface area contributed by atoms with Crippen molar-refractivity contribution in [3.63, 3.8) is 0 Å². The van der Waals surface area contributed by atoms with E-state index >= 15 is 0 Å². The molecule has 2 nitrogen and oxygen atoms in total. The van der Waals surface area contributed by atoms with Crippen LogP contribution in [0.3, 0.4) is 0 Å². The fourth-order valence-corrected chi connectivity index (χ4v) is 2.24. The molecule has 0 spiro atoms. The van der Waals surface area contributed by atoms with Crippen molar-refractivity contribution in [1.29, 1.82) is 0 Å². The van der Waals surface area contributed by atoms with Crippen molar-refractivity contribution in [2.75, 3.05) is 0 Å². The van der Waals surface area contributed by atoms with Gasteiger partial charge >= 0.3 is 0 Å². The number of ketones is 1. The number of benzene rings is 2. The van der Waals surface area contributed by atoms with Gasteiger partial charge < -0.3 is 4.74 Å². The van der Waals surface area contributed by atoms with Gasteiger partial charge in [-0.25, -0.2) is 4.39 Å². The van der Waals surface area contributed by atoms with Gasteiger partial charge in [-0.2, -0.15) is 0 Å². The molecular weight excluding hydrogens is 323 g/mol. The molecule has 0 N–H and O–H groups in total. The van der Waals surface area contributed by atoms with E-state index in [4.69, 9.17) is 4.74 Å². The summed E-state index contributed by atoms with van der Waals surface area (Å²) in [5, 5.41) is 0. The molecule has 0 amide bonds. The summed E-state index contributed by atoms with van der Waals surface area (Å²) >= 11 is 3.33. The second kappa shape index (κ2) is 6.18. The van der Waals surface area contributed by atoms with E-state index in [0.717, 1.165) is 15.6 Å². The van der Waals surface area contributed by atoms with Crippen molar-refractivity contribution in [1.82, 2.24) is 0 Å². The molecule has 0 radical (unpaired) electrons. The van der Waals surface area contributed by atoms with E-state index in [1.165, 1.54) is 19.1 Å². The number of Topliss-reactive ketones (excluding diaryl/α,β-unsaturated/α-hetero) is 1. The lowest BCUT2D eigenvalue weighted by Gasteiger charge is -2.12. The zero-order valence-electron chi connectivity index (χ0n) is 11.2. The molecule has 2 aromatic rings. The Hall–Kier alpha value is -1.68. The number of halogens is 2.